The van der Waals surface area contributed by atoms with Crippen molar-refractivity contribution in [2.45, 2.75) is 56.5 Å². The molecule has 3 rings (SSSR count). The molecule has 10 nitrogen and oxygen atoms in total. The van der Waals surface area contributed by atoms with E-state index in [4.69, 9.17) is 0 Å². The van der Waals surface area contributed by atoms with Gasteiger partial charge >= 0.3 is 12.2 Å². The minimum absolute atomic E-state index is 0.0559. The smallest absolute Gasteiger partial charge is 0.336 e. The number of nitrogens with zero attached hydrogens (tertiary/aromatic N) is 3. The Morgan fingerprint density at radius 3 is 2.16 bits per heavy atom. The molecular formula is C23H30F4N6O4S. The average Bonchev–Trinajstić information content (AvgIpc) is 3.61. The highest BCUT2D eigenvalue weighted by Gasteiger charge is 2.48. The Morgan fingerprint density at radius 2 is 1.68 bits per heavy atom. The maximum atomic E-state index is 14.0. The Kier molecular flexibility index (Phi) is 8.89. The number of urea groups is 1. The summed E-state index contributed by atoms with van der Waals surface area (Å²) in [7, 11) is -4.28. The minimum atomic E-state index is -4.96. The van der Waals surface area contributed by atoms with Crippen LogP contribution in [0.4, 0.5) is 22.4 Å². The van der Waals surface area contributed by atoms with Gasteiger partial charge in [0.05, 0.1) is 11.8 Å². The second-order valence-electron chi connectivity index (χ2n) is 9.70. The number of piperazine rings is 1. The summed E-state index contributed by atoms with van der Waals surface area (Å²) in [6.45, 7) is 3.45. The number of amides is 3. The molecule has 1 aromatic carbocycles. The lowest BCUT2D eigenvalue weighted by Gasteiger charge is -2.35. The first-order chi connectivity index (χ1) is 17.7. The first-order valence-corrected chi connectivity index (χ1v) is 13.6. The van der Waals surface area contributed by atoms with Crippen molar-refractivity contribution in [3.05, 3.63) is 35.6 Å². The van der Waals surface area contributed by atoms with E-state index in [0.29, 0.717) is 0 Å². The number of nitriles is 1. The van der Waals surface area contributed by atoms with Crippen LogP contribution >= 0.6 is 0 Å². The summed E-state index contributed by atoms with van der Waals surface area (Å²) in [5.74, 6) is -2.86. The summed E-state index contributed by atoms with van der Waals surface area (Å²) in [5.41, 5.74) is -1.67. The third-order valence-electron chi connectivity index (χ3n) is 6.25. The van der Waals surface area contributed by atoms with Crippen molar-refractivity contribution in [2.24, 2.45) is 0 Å². The Morgan fingerprint density at radius 1 is 1.11 bits per heavy atom. The van der Waals surface area contributed by atoms with Crippen molar-refractivity contribution >= 4 is 22.0 Å². The highest BCUT2D eigenvalue weighted by atomic mass is 32.2. The van der Waals surface area contributed by atoms with Gasteiger partial charge in [0.1, 0.15) is 23.4 Å². The van der Waals surface area contributed by atoms with Gasteiger partial charge in [-0.05, 0) is 44.4 Å². The monoisotopic (exact) mass is 562 g/mol. The number of sulfonamides is 1. The zero-order chi connectivity index (χ0) is 28.3. The zero-order valence-electron chi connectivity index (χ0n) is 20.9. The molecule has 210 valence electrons. The van der Waals surface area contributed by atoms with Crippen LogP contribution in [0, 0.1) is 17.1 Å². The SMILES string of the molecule is CC(C)NC(=O)N1CCN(S(=O)(=O)C[C@H](N[C@@H](c2ccc(F)cc2)C(F)(F)F)C(=O)NC2(C#N)CC2)CC1. The molecule has 15 heteroatoms. The lowest BCUT2D eigenvalue weighted by molar-refractivity contribution is -0.160. The van der Waals surface area contributed by atoms with E-state index in [1.807, 2.05) is 6.07 Å². The van der Waals surface area contributed by atoms with E-state index in [0.717, 1.165) is 28.6 Å². The molecule has 1 aromatic rings. The third-order valence-corrected chi connectivity index (χ3v) is 8.16. The molecular weight excluding hydrogens is 532 g/mol. The normalized spacial score (nSPS) is 19.4. The first kappa shape index (κ1) is 29.6. The summed E-state index contributed by atoms with van der Waals surface area (Å²) >= 11 is 0. The number of rotatable bonds is 9. The maximum Gasteiger partial charge on any atom is 0.407 e. The summed E-state index contributed by atoms with van der Waals surface area (Å²) in [4.78, 5) is 26.6. The average molecular weight is 563 g/mol. The summed E-state index contributed by atoms with van der Waals surface area (Å²) in [5, 5.41) is 16.5. The van der Waals surface area contributed by atoms with Gasteiger partial charge in [-0.15, -0.1) is 0 Å². The molecule has 3 N–H and O–H groups in total. The second-order valence-corrected chi connectivity index (χ2v) is 11.7. The Bertz CT molecular complexity index is 1160. The van der Waals surface area contributed by atoms with E-state index in [2.05, 4.69) is 16.0 Å². The number of carbonyl (C=O) groups is 2. The van der Waals surface area contributed by atoms with Crippen molar-refractivity contribution in [1.29, 1.82) is 5.26 Å². The Balaban J connectivity index is 1.80. The number of benzene rings is 1. The van der Waals surface area contributed by atoms with Gasteiger partial charge in [0.25, 0.3) is 0 Å². The van der Waals surface area contributed by atoms with Gasteiger partial charge in [0.15, 0.2) is 0 Å². The van der Waals surface area contributed by atoms with Gasteiger partial charge in [0, 0.05) is 32.2 Å². The van der Waals surface area contributed by atoms with Gasteiger partial charge in [-0.1, -0.05) is 12.1 Å². The molecule has 0 aromatic heterocycles. The van der Waals surface area contributed by atoms with Crippen molar-refractivity contribution in [2.75, 3.05) is 31.9 Å². The number of carbonyl (C=O) groups excluding carboxylic acids is 2. The molecule has 0 bridgehead atoms. The highest BCUT2D eigenvalue weighted by Crippen LogP contribution is 2.36. The predicted molar refractivity (Wildman–Crippen MR) is 128 cm³/mol. The zero-order valence-corrected chi connectivity index (χ0v) is 21.7. The fourth-order valence-electron chi connectivity index (χ4n) is 3.97. The highest BCUT2D eigenvalue weighted by molar-refractivity contribution is 7.89. The number of hydrogen-bond donors (Lipinski definition) is 3. The second kappa shape index (κ2) is 11.4. The van der Waals surface area contributed by atoms with Crippen LogP contribution in [0.3, 0.4) is 0 Å². The number of halogens is 4. The molecule has 2 fully saturated rings. The van der Waals surface area contributed by atoms with Crippen LogP contribution in [0.1, 0.15) is 38.3 Å². The van der Waals surface area contributed by atoms with Crippen molar-refractivity contribution < 1.29 is 35.6 Å². The number of alkyl halides is 3. The largest absolute Gasteiger partial charge is 0.407 e. The van der Waals surface area contributed by atoms with Gasteiger partial charge in [-0.2, -0.15) is 22.7 Å². The molecule has 2 atom stereocenters. The van der Waals surface area contributed by atoms with E-state index in [9.17, 15) is 40.8 Å². The van der Waals surface area contributed by atoms with Crippen molar-refractivity contribution in [1.82, 2.24) is 25.2 Å². The van der Waals surface area contributed by atoms with Crippen LogP contribution < -0.4 is 16.0 Å². The molecule has 0 unspecified atom stereocenters. The van der Waals surface area contributed by atoms with E-state index >= 15 is 0 Å². The molecule has 1 saturated carbocycles. The van der Waals surface area contributed by atoms with E-state index in [1.54, 1.807) is 13.8 Å². The first-order valence-electron chi connectivity index (χ1n) is 12.0. The summed E-state index contributed by atoms with van der Waals surface area (Å²) in [6, 6.07) is 0.462. The minimum Gasteiger partial charge on any atom is -0.336 e. The number of nitrogens with one attached hydrogen (secondary N) is 3. The van der Waals surface area contributed by atoms with Gasteiger partial charge < -0.3 is 15.5 Å². The third kappa shape index (κ3) is 7.55. The Hall–Kier alpha value is -2.96. The lowest BCUT2D eigenvalue weighted by atomic mass is 10.0. The van der Waals surface area contributed by atoms with Gasteiger partial charge in [-0.3, -0.25) is 10.1 Å². The van der Waals surface area contributed by atoms with Gasteiger partial charge in [0.2, 0.25) is 15.9 Å². The van der Waals surface area contributed by atoms with E-state index in [1.165, 1.54) is 4.90 Å². The lowest BCUT2D eigenvalue weighted by Crippen LogP contribution is -2.58. The molecule has 1 aliphatic carbocycles. The molecule has 3 amide bonds. The van der Waals surface area contributed by atoms with E-state index < -0.39 is 56.9 Å². The molecule has 0 radical (unpaired) electrons. The predicted octanol–water partition coefficient (Wildman–Crippen LogP) is 1.63. The molecule has 2 aliphatic rings. The number of hydrogen-bond acceptors (Lipinski definition) is 6. The quantitative estimate of drug-likeness (QED) is 0.392. The van der Waals surface area contributed by atoms with E-state index in [-0.39, 0.29) is 51.1 Å². The molecule has 38 heavy (non-hydrogen) atoms. The standard InChI is InChI=1S/C23H30F4N6O4S/c1-15(2)29-21(35)32-9-11-33(12-10-32)38(36,37)13-18(20(34)31-22(14-28)7-8-22)30-19(23(25,26)27)16-3-5-17(24)6-4-16/h3-6,15,18-19,30H,7-13H2,1-2H3,(H,29,35)(H,31,34)/t18-,19-/m0/s1. The van der Waals surface area contributed by atoms with Crippen molar-refractivity contribution in [3.8, 4) is 6.07 Å². The van der Waals surface area contributed by atoms with Crippen LogP contribution in [0.25, 0.3) is 0 Å². The molecule has 1 heterocycles. The fourth-order valence-corrected chi connectivity index (χ4v) is 5.57. The van der Waals surface area contributed by atoms with Gasteiger partial charge in [-0.25, -0.2) is 17.6 Å². The fraction of sp³-hybridized carbons (Fsp3) is 0.609. The Labute approximate surface area is 218 Å². The van der Waals surface area contributed by atoms with Crippen LogP contribution in [-0.4, -0.2) is 85.3 Å². The summed E-state index contributed by atoms with van der Waals surface area (Å²) in [6.07, 6.45) is -4.38. The van der Waals surface area contributed by atoms with Crippen molar-refractivity contribution in [3.63, 3.8) is 0 Å². The molecule has 1 saturated heterocycles. The molecule has 0 spiro atoms. The van der Waals surface area contributed by atoms with Crippen LogP contribution in [0.5, 0.6) is 0 Å². The van der Waals surface area contributed by atoms with Crippen LogP contribution in [-0.2, 0) is 14.8 Å². The van der Waals surface area contributed by atoms with Crippen LogP contribution in [0.2, 0.25) is 0 Å². The van der Waals surface area contributed by atoms with Crippen LogP contribution in [0.15, 0.2) is 24.3 Å². The topological polar surface area (TPSA) is 135 Å². The summed E-state index contributed by atoms with van der Waals surface area (Å²) < 4.78 is 82.8. The maximum absolute atomic E-state index is 14.0. The molecule has 1 aliphatic heterocycles.